The largest absolute Gasteiger partial charge is 0.478 e. The molecule has 60 valence electrons. The van der Waals surface area contributed by atoms with Gasteiger partial charge in [0.25, 0.3) is 0 Å². The van der Waals surface area contributed by atoms with E-state index in [1.165, 1.54) is 18.7 Å². The maximum atomic E-state index is 10.8. The average Bonchev–Trinajstić information content (AvgIpc) is 2.32. The summed E-state index contributed by atoms with van der Waals surface area (Å²) in [5.74, 6) is -0.0612. The number of hydrogen-bond donors (Lipinski definition) is 1. The third kappa shape index (κ3) is 1.63. The Balaban J connectivity index is 2.95. The van der Waals surface area contributed by atoms with E-state index in [9.17, 15) is 9.59 Å². The molecule has 0 aromatic carbocycles. The lowest BCUT2D eigenvalue weighted by Gasteiger charge is -1.95. The van der Waals surface area contributed by atoms with Crippen molar-refractivity contribution in [3.05, 3.63) is 11.1 Å². The first kappa shape index (κ1) is 8.33. The van der Waals surface area contributed by atoms with Crippen LogP contribution in [-0.4, -0.2) is 28.4 Å². The summed E-state index contributed by atoms with van der Waals surface area (Å²) in [6, 6.07) is 0. The smallest absolute Gasteiger partial charge is 0.332 e. The van der Waals surface area contributed by atoms with Crippen LogP contribution in [0.3, 0.4) is 0 Å². The number of ketones is 1. The Morgan fingerprint density at radius 3 is 2.27 bits per heavy atom. The summed E-state index contributed by atoms with van der Waals surface area (Å²) in [6.07, 6.45) is 0. The molecule has 0 spiro atoms. The van der Waals surface area contributed by atoms with Gasteiger partial charge >= 0.3 is 5.97 Å². The van der Waals surface area contributed by atoms with E-state index in [1.807, 2.05) is 0 Å². The van der Waals surface area contributed by atoms with Crippen LogP contribution < -0.4 is 0 Å². The van der Waals surface area contributed by atoms with Gasteiger partial charge in [-0.1, -0.05) is 0 Å². The van der Waals surface area contributed by atoms with E-state index in [0.29, 0.717) is 17.1 Å². The second-order valence-electron chi connectivity index (χ2n) is 2.31. The third-order valence-corrected chi connectivity index (χ3v) is 2.53. The molecule has 3 nitrogen and oxygen atoms in total. The lowest BCUT2D eigenvalue weighted by Crippen LogP contribution is -2.07. The minimum atomic E-state index is -0.958. The number of carbonyl (C=O) groups excluding carboxylic acids is 1. The molecule has 1 aliphatic heterocycles. The summed E-state index contributed by atoms with van der Waals surface area (Å²) in [5, 5.41) is 8.61. The van der Waals surface area contributed by atoms with Gasteiger partial charge in [0.05, 0.1) is 5.57 Å². The Morgan fingerprint density at radius 1 is 1.36 bits per heavy atom. The van der Waals surface area contributed by atoms with Crippen molar-refractivity contribution in [2.75, 3.05) is 11.5 Å². The first-order valence-electron chi connectivity index (χ1n) is 3.17. The molecule has 0 saturated carbocycles. The van der Waals surface area contributed by atoms with Crippen LogP contribution >= 0.6 is 11.8 Å². The van der Waals surface area contributed by atoms with Gasteiger partial charge in [-0.05, 0) is 6.92 Å². The van der Waals surface area contributed by atoms with Crippen LogP contribution in [0, 0.1) is 0 Å². The molecule has 0 unspecified atom stereocenters. The van der Waals surface area contributed by atoms with Crippen LogP contribution in [0.2, 0.25) is 0 Å². The van der Waals surface area contributed by atoms with Gasteiger partial charge in [0, 0.05) is 17.1 Å². The van der Waals surface area contributed by atoms with E-state index in [4.69, 9.17) is 5.11 Å². The summed E-state index contributed by atoms with van der Waals surface area (Å²) in [7, 11) is 0. The van der Waals surface area contributed by atoms with Crippen LogP contribution in [-0.2, 0) is 9.59 Å². The van der Waals surface area contributed by atoms with E-state index in [-0.39, 0.29) is 11.4 Å². The Hall–Kier alpha value is -0.770. The number of rotatable bonds is 2. The molecule has 4 heteroatoms. The van der Waals surface area contributed by atoms with Crippen molar-refractivity contribution in [2.45, 2.75) is 6.92 Å². The lowest BCUT2D eigenvalue weighted by molar-refractivity contribution is -0.132. The van der Waals surface area contributed by atoms with Crippen molar-refractivity contribution in [1.29, 1.82) is 0 Å². The maximum Gasteiger partial charge on any atom is 0.332 e. The topological polar surface area (TPSA) is 54.4 Å². The zero-order valence-electron chi connectivity index (χ0n) is 6.09. The zero-order chi connectivity index (χ0) is 8.43. The van der Waals surface area contributed by atoms with Crippen LogP contribution in [0.1, 0.15) is 6.92 Å². The van der Waals surface area contributed by atoms with Gasteiger partial charge in [0.15, 0.2) is 5.78 Å². The second kappa shape index (κ2) is 3.09. The Labute approximate surface area is 68.5 Å². The van der Waals surface area contributed by atoms with Crippen LogP contribution in [0.4, 0.5) is 0 Å². The number of Topliss-reactive ketones (excluding diaryl/α,β-unsaturated/α-hetero) is 1. The molecule has 11 heavy (non-hydrogen) atoms. The van der Waals surface area contributed by atoms with E-state index in [2.05, 4.69) is 0 Å². The first-order valence-corrected chi connectivity index (χ1v) is 4.32. The Morgan fingerprint density at radius 2 is 1.91 bits per heavy atom. The van der Waals surface area contributed by atoms with Gasteiger partial charge in [0.1, 0.15) is 0 Å². The minimum absolute atomic E-state index is 0.118. The molecule has 0 saturated heterocycles. The molecule has 1 aliphatic rings. The molecule has 1 N–H and O–H groups in total. The second-order valence-corrected chi connectivity index (χ2v) is 3.30. The number of hydrogen-bond acceptors (Lipinski definition) is 3. The van der Waals surface area contributed by atoms with Gasteiger partial charge in [0.2, 0.25) is 0 Å². The summed E-state index contributed by atoms with van der Waals surface area (Å²) in [6.45, 7) is 1.41. The van der Waals surface area contributed by atoms with Gasteiger partial charge in [-0.3, -0.25) is 4.79 Å². The Kier molecular flexibility index (Phi) is 2.34. The molecule has 1 rings (SSSR count). The molecular formula is C7H8O3S. The highest BCUT2D eigenvalue weighted by molar-refractivity contribution is 8.00. The molecule has 0 aliphatic carbocycles. The minimum Gasteiger partial charge on any atom is -0.478 e. The summed E-state index contributed by atoms with van der Waals surface area (Å²) in [4.78, 5) is 21.3. The van der Waals surface area contributed by atoms with Crippen molar-refractivity contribution >= 4 is 23.5 Å². The average molecular weight is 172 g/mol. The number of thioether (sulfide) groups is 1. The van der Waals surface area contributed by atoms with E-state index >= 15 is 0 Å². The summed E-state index contributed by atoms with van der Waals surface area (Å²) in [5.41, 5.74) is 0.755. The predicted molar refractivity (Wildman–Crippen MR) is 42.7 cm³/mol. The van der Waals surface area contributed by atoms with E-state index < -0.39 is 5.97 Å². The highest BCUT2D eigenvalue weighted by Gasteiger charge is 2.22. The van der Waals surface area contributed by atoms with Crippen molar-refractivity contribution in [2.24, 2.45) is 0 Å². The molecule has 0 radical (unpaired) electrons. The van der Waals surface area contributed by atoms with E-state index in [1.54, 1.807) is 0 Å². The monoisotopic (exact) mass is 172 g/mol. The molecule has 0 fully saturated rings. The molecular weight excluding hydrogens is 164 g/mol. The molecule has 1 heterocycles. The quantitative estimate of drug-likeness (QED) is 0.666. The lowest BCUT2D eigenvalue weighted by atomic mass is 10.1. The molecule has 0 aromatic rings. The fourth-order valence-electron chi connectivity index (χ4n) is 0.934. The van der Waals surface area contributed by atoms with Crippen LogP contribution in [0.15, 0.2) is 11.1 Å². The van der Waals surface area contributed by atoms with Crippen LogP contribution in [0.5, 0.6) is 0 Å². The molecule has 0 bridgehead atoms. The SMILES string of the molecule is CC(=O)C1=C(C(=O)O)CSC1. The summed E-state index contributed by atoms with van der Waals surface area (Å²) < 4.78 is 0. The molecule has 0 amide bonds. The number of aliphatic carboxylic acids is 1. The van der Waals surface area contributed by atoms with Crippen molar-refractivity contribution < 1.29 is 14.7 Å². The number of carboxylic acid groups (broad SMARTS) is 1. The standard InChI is InChI=1S/C7H8O3S/c1-4(8)5-2-11-3-6(5)7(9)10/h2-3H2,1H3,(H,9,10). The fourth-order valence-corrected chi connectivity index (χ4v) is 2.12. The molecule has 0 atom stereocenters. The highest BCUT2D eigenvalue weighted by Crippen LogP contribution is 2.24. The third-order valence-electron chi connectivity index (χ3n) is 1.54. The Bertz CT molecular complexity index is 218. The number of carbonyl (C=O) groups is 2. The van der Waals surface area contributed by atoms with Crippen molar-refractivity contribution in [3.8, 4) is 0 Å². The fraction of sp³-hybridized carbons (Fsp3) is 0.429. The van der Waals surface area contributed by atoms with Crippen molar-refractivity contribution in [3.63, 3.8) is 0 Å². The number of carboxylic acids is 1. The predicted octanol–water partition coefficient (Wildman–Crippen LogP) is 0.703. The van der Waals surface area contributed by atoms with Gasteiger partial charge in [-0.15, -0.1) is 0 Å². The zero-order valence-corrected chi connectivity index (χ0v) is 6.90. The maximum absolute atomic E-state index is 10.8. The normalized spacial score (nSPS) is 17.2. The van der Waals surface area contributed by atoms with Gasteiger partial charge < -0.3 is 5.11 Å². The van der Waals surface area contributed by atoms with Gasteiger partial charge in [-0.2, -0.15) is 11.8 Å². The van der Waals surface area contributed by atoms with Crippen LogP contribution in [0.25, 0.3) is 0 Å². The first-order chi connectivity index (χ1) is 5.13. The highest BCUT2D eigenvalue weighted by atomic mass is 32.2. The summed E-state index contributed by atoms with van der Waals surface area (Å²) >= 11 is 1.47. The van der Waals surface area contributed by atoms with E-state index in [0.717, 1.165) is 0 Å². The van der Waals surface area contributed by atoms with Crippen molar-refractivity contribution in [1.82, 2.24) is 0 Å². The molecule has 0 aromatic heterocycles. The van der Waals surface area contributed by atoms with Gasteiger partial charge in [-0.25, -0.2) is 4.79 Å².